The predicted octanol–water partition coefficient (Wildman–Crippen LogP) is 6.00. The minimum absolute atomic E-state index is 0.0709. The van der Waals surface area contributed by atoms with Crippen molar-refractivity contribution in [3.63, 3.8) is 0 Å². The van der Waals surface area contributed by atoms with Crippen molar-refractivity contribution in [2.75, 3.05) is 27.4 Å². The van der Waals surface area contributed by atoms with Gasteiger partial charge in [0.2, 0.25) is 11.6 Å². The molecule has 1 aromatic carbocycles. The van der Waals surface area contributed by atoms with Gasteiger partial charge in [-0.15, -0.1) is 0 Å². The van der Waals surface area contributed by atoms with Gasteiger partial charge in [0.05, 0.1) is 12.5 Å². The first kappa shape index (κ1) is 29.0. The molecule has 2 atom stereocenters. The summed E-state index contributed by atoms with van der Waals surface area (Å²) >= 11 is 0. The number of carboxylic acids is 1. The maximum absolute atomic E-state index is 14.0. The lowest BCUT2D eigenvalue weighted by Crippen LogP contribution is -2.36. The number of aliphatic carboxylic acids is 1. The van der Waals surface area contributed by atoms with Gasteiger partial charge in [0.15, 0.2) is 5.72 Å². The van der Waals surface area contributed by atoms with E-state index in [-0.39, 0.29) is 25.0 Å². The van der Waals surface area contributed by atoms with E-state index in [0.29, 0.717) is 24.0 Å². The number of imidazole rings is 1. The molecule has 0 saturated heterocycles. The van der Waals surface area contributed by atoms with Crippen molar-refractivity contribution < 1.29 is 37.3 Å². The van der Waals surface area contributed by atoms with Crippen molar-refractivity contribution in [1.29, 1.82) is 0 Å². The van der Waals surface area contributed by atoms with Crippen molar-refractivity contribution >= 4 is 5.97 Å². The van der Waals surface area contributed by atoms with Crippen LogP contribution in [0.1, 0.15) is 80.9 Å². The second-order valence-corrected chi connectivity index (χ2v) is 9.63. The Morgan fingerprint density at radius 1 is 1.16 bits per heavy atom. The van der Waals surface area contributed by atoms with Crippen molar-refractivity contribution in [1.82, 2.24) is 9.55 Å². The molecule has 0 aliphatic heterocycles. The van der Waals surface area contributed by atoms with Crippen LogP contribution in [-0.2, 0) is 32.6 Å². The Kier molecular flexibility index (Phi) is 9.63. The quantitative estimate of drug-likeness (QED) is 0.323. The fourth-order valence-corrected chi connectivity index (χ4v) is 5.18. The van der Waals surface area contributed by atoms with Gasteiger partial charge in [-0.25, -0.2) is 4.98 Å². The average Bonchev–Trinajstić information content (AvgIpc) is 3.51. The maximum atomic E-state index is 14.0. The third-order valence-corrected chi connectivity index (χ3v) is 7.22. The van der Waals surface area contributed by atoms with E-state index in [2.05, 4.69) is 4.98 Å². The second-order valence-electron chi connectivity index (χ2n) is 9.63. The fraction of sp³-hybridized carbons (Fsp3) is 0.630. The first-order chi connectivity index (χ1) is 17.6. The van der Waals surface area contributed by atoms with Gasteiger partial charge < -0.3 is 19.3 Å². The zero-order chi connectivity index (χ0) is 27.2. The number of aromatic nitrogens is 2. The number of nitrogens with zero attached hydrogens (tertiary/aromatic N) is 2. The minimum atomic E-state index is -4.73. The molecule has 0 bridgehead atoms. The van der Waals surface area contributed by atoms with Gasteiger partial charge in [-0.3, -0.25) is 9.36 Å². The Morgan fingerprint density at radius 3 is 2.32 bits per heavy atom. The summed E-state index contributed by atoms with van der Waals surface area (Å²) in [5.41, 5.74) is -1.28. The number of hydrogen-bond donors (Lipinski definition) is 1. The monoisotopic (exact) mass is 526 g/mol. The van der Waals surface area contributed by atoms with Gasteiger partial charge in [0.1, 0.15) is 12.4 Å². The molecule has 1 N–H and O–H groups in total. The third-order valence-electron chi connectivity index (χ3n) is 7.22. The van der Waals surface area contributed by atoms with Crippen LogP contribution in [0.2, 0.25) is 0 Å². The molecular weight excluding hydrogens is 489 g/mol. The highest BCUT2D eigenvalue weighted by molar-refractivity contribution is 5.76. The Balaban J connectivity index is 2.11. The topological polar surface area (TPSA) is 82.8 Å². The van der Waals surface area contributed by atoms with E-state index >= 15 is 0 Å². The summed E-state index contributed by atoms with van der Waals surface area (Å²) in [7, 11) is 2.86. The first-order valence-corrected chi connectivity index (χ1v) is 12.8. The second kappa shape index (κ2) is 12.3. The molecular formula is C27H37F3N2O5. The smallest absolute Gasteiger partial charge is 0.438 e. The molecule has 2 aromatic rings. The molecule has 1 fully saturated rings. The van der Waals surface area contributed by atoms with E-state index in [1.165, 1.54) is 18.8 Å². The lowest BCUT2D eigenvalue weighted by Gasteiger charge is -2.33. The Hall–Kier alpha value is -2.59. The summed E-state index contributed by atoms with van der Waals surface area (Å²) in [6, 6.07) is 6.92. The van der Waals surface area contributed by atoms with Crippen molar-refractivity contribution in [2.24, 2.45) is 5.92 Å². The van der Waals surface area contributed by atoms with Crippen LogP contribution in [0.4, 0.5) is 13.2 Å². The maximum Gasteiger partial charge on any atom is 0.438 e. The molecule has 1 saturated carbocycles. The molecule has 7 nitrogen and oxygen atoms in total. The molecule has 1 aliphatic carbocycles. The highest BCUT2D eigenvalue weighted by Gasteiger charge is 2.44. The number of hydrogen-bond acceptors (Lipinski definition) is 5. The molecule has 0 amide bonds. The molecule has 37 heavy (non-hydrogen) atoms. The number of rotatable bonds is 13. The summed E-state index contributed by atoms with van der Waals surface area (Å²) in [5, 5.41) is 9.91. The van der Waals surface area contributed by atoms with Gasteiger partial charge >= 0.3 is 12.1 Å². The molecule has 0 radical (unpaired) electrons. The van der Waals surface area contributed by atoms with Crippen LogP contribution < -0.4 is 4.74 Å². The zero-order valence-electron chi connectivity index (χ0n) is 21.9. The van der Waals surface area contributed by atoms with Crippen LogP contribution in [-0.4, -0.2) is 48.1 Å². The van der Waals surface area contributed by atoms with Crippen molar-refractivity contribution in [3.8, 4) is 5.88 Å². The molecule has 10 heteroatoms. The lowest BCUT2D eigenvalue weighted by molar-refractivity contribution is -0.143. The van der Waals surface area contributed by atoms with Crippen LogP contribution in [0.5, 0.6) is 5.88 Å². The number of unbranched alkanes of at least 4 members (excludes halogenated alkanes) is 1. The Bertz CT molecular complexity index is 1030. The van der Waals surface area contributed by atoms with Gasteiger partial charge in [-0.2, -0.15) is 13.2 Å². The van der Waals surface area contributed by atoms with E-state index in [0.717, 1.165) is 32.1 Å². The SMILES string of the molecule is CCCCc1nc(C(F)(F)F)c(OCCOC)n1C(C)(OC)c1ccc(C(C(=O)O)C2CCCC2)cc1. The molecule has 1 heterocycles. The number of ether oxygens (including phenoxy) is 3. The highest BCUT2D eigenvalue weighted by Crippen LogP contribution is 2.43. The van der Waals surface area contributed by atoms with E-state index in [4.69, 9.17) is 14.2 Å². The van der Waals surface area contributed by atoms with Crippen molar-refractivity contribution in [3.05, 3.63) is 46.9 Å². The number of methoxy groups -OCH3 is 2. The van der Waals surface area contributed by atoms with E-state index in [1.54, 1.807) is 31.2 Å². The molecule has 0 spiro atoms. The standard InChI is InChI=1S/C27H37F3N2O5/c1-5-6-11-21-31-23(27(28,29)30)24(37-17-16-35-3)32(21)26(2,36-4)20-14-12-19(13-15-20)22(25(33)34)18-9-7-8-10-18/h12-15,18,22H,5-11,16-17H2,1-4H3,(H,33,34). The Labute approximate surface area is 215 Å². The van der Waals surface area contributed by atoms with Crippen LogP contribution in [0.15, 0.2) is 24.3 Å². The first-order valence-electron chi connectivity index (χ1n) is 12.8. The summed E-state index contributed by atoms with van der Waals surface area (Å²) in [5.74, 6) is -1.65. The van der Waals surface area contributed by atoms with E-state index in [1.807, 2.05) is 6.92 Å². The van der Waals surface area contributed by atoms with Gasteiger partial charge in [-0.1, -0.05) is 50.5 Å². The van der Waals surface area contributed by atoms with E-state index < -0.39 is 35.4 Å². The Morgan fingerprint density at radius 2 is 1.81 bits per heavy atom. The largest absolute Gasteiger partial charge is 0.481 e. The van der Waals surface area contributed by atoms with Gasteiger partial charge in [-0.05, 0) is 37.7 Å². The number of halogens is 3. The fourth-order valence-electron chi connectivity index (χ4n) is 5.18. The number of carboxylic acid groups (broad SMARTS) is 1. The normalized spacial score (nSPS) is 17.1. The van der Waals surface area contributed by atoms with Crippen LogP contribution in [0, 0.1) is 5.92 Å². The summed E-state index contributed by atoms with van der Waals surface area (Å²) in [6.07, 6.45) is 0.734. The average molecular weight is 527 g/mol. The van der Waals surface area contributed by atoms with Crippen LogP contribution in [0.3, 0.4) is 0 Å². The number of aryl methyl sites for hydroxylation is 1. The lowest BCUT2D eigenvalue weighted by atomic mass is 9.84. The zero-order valence-corrected chi connectivity index (χ0v) is 21.9. The van der Waals surface area contributed by atoms with Crippen molar-refractivity contribution in [2.45, 2.75) is 76.6 Å². The summed E-state index contributed by atoms with van der Waals surface area (Å²) < 4.78 is 60.0. The van der Waals surface area contributed by atoms with Gasteiger partial charge in [0.25, 0.3) is 0 Å². The predicted molar refractivity (Wildman–Crippen MR) is 132 cm³/mol. The minimum Gasteiger partial charge on any atom is -0.481 e. The third kappa shape index (κ3) is 6.29. The summed E-state index contributed by atoms with van der Waals surface area (Å²) in [6.45, 7) is 3.61. The molecule has 2 unspecified atom stereocenters. The molecule has 1 aromatic heterocycles. The molecule has 3 rings (SSSR count). The van der Waals surface area contributed by atoms with Crippen LogP contribution in [0.25, 0.3) is 0 Å². The summed E-state index contributed by atoms with van der Waals surface area (Å²) in [4.78, 5) is 16.1. The molecule has 206 valence electrons. The van der Waals surface area contributed by atoms with E-state index in [9.17, 15) is 23.1 Å². The highest BCUT2D eigenvalue weighted by atomic mass is 19.4. The molecule has 1 aliphatic rings. The number of benzene rings is 1. The number of alkyl halides is 3. The van der Waals surface area contributed by atoms with Gasteiger partial charge in [0, 0.05) is 26.2 Å². The van der Waals surface area contributed by atoms with Crippen LogP contribution >= 0.6 is 0 Å². The number of carbonyl (C=O) groups is 1.